The number of ether oxygens (including phenoxy) is 1. The summed E-state index contributed by atoms with van der Waals surface area (Å²) in [5.41, 5.74) is 5.09. The second-order valence-electron chi connectivity index (χ2n) is 7.36. The van der Waals surface area contributed by atoms with Crippen LogP contribution < -0.4 is 5.73 Å². The Balaban J connectivity index is 0.000000357. The molecule has 140 valence electrons. The van der Waals surface area contributed by atoms with Crippen molar-refractivity contribution in [1.29, 1.82) is 0 Å². The van der Waals surface area contributed by atoms with Gasteiger partial charge in [0.05, 0.1) is 18.8 Å². The largest absolute Gasteiger partial charge is 0.394 e. The van der Waals surface area contributed by atoms with Gasteiger partial charge in [0.25, 0.3) is 0 Å². The summed E-state index contributed by atoms with van der Waals surface area (Å²) in [4.78, 5) is 21.5. The molecule has 6 nitrogen and oxygen atoms in total. The molecule has 0 bridgehead atoms. The first-order valence-corrected chi connectivity index (χ1v) is 8.51. The maximum Gasteiger partial charge on any atom is 0.130 e. The number of hydrogen-bond acceptors (Lipinski definition) is 6. The fourth-order valence-electron chi connectivity index (χ4n) is 2.08. The maximum atomic E-state index is 9.56. The van der Waals surface area contributed by atoms with Gasteiger partial charge in [-0.15, -0.1) is 0 Å². The standard InChI is InChI=1S/C9H15NO.C5H8O2.C4H11NO/c1-9(2)7-11-8-5-3-4-6-10(8)9;6-4-2-1-3-5-7;1-4(2,5)3-6/h4,6,8H,3,5,7H2,1-2H3;4-5H,1-3H2;6H,3,5H2,1-2H3. The highest BCUT2D eigenvalue weighted by Crippen LogP contribution is 2.31. The fourth-order valence-corrected chi connectivity index (χ4v) is 2.08. The van der Waals surface area contributed by atoms with Crippen LogP contribution in [0.1, 0.15) is 59.8 Å². The van der Waals surface area contributed by atoms with Gasteiger partial charge in [0.1, 0.15) is 18.8 Å². The molecule has 1 unspecified atom stereocenters. The summed E-state index contributed by atoms with van der Waals surface area (Å²) < 4.78 is 5.65. The van der Waals surface area contributed by atoms with Crippen LogP contribution in [0.5, 0.6) is 0 Å². The molecule has 0 aromatic rings. The predicted octanol–water partition coefficient (Wildman–Crippen LogP) is 2.00. The number of aldehydes is 2. The van der Waals surface area contributed by atoms with Crippen molar-refractivity contribution in [1.82, 2.24) is 4.90 Å². The molecule has 6 heteroatoms. The van der Waals surface area contributed by atoms with E-state index in [4.69, 9.17) is 15.6 Å². The summed E-state index contributed by atoms with van der Waals surface area (Å²) >= 11 is 0. The van der Waals surface area contributed by atoms with Gasteiger partial charge < -0.3 is 30.1 Å². The zero-order valence-corrected chi connectivity index (χ0v) is 15.5. The van der Waals surface area contributed by atoms with Crippen LogP contribution in [0.2, 0.25) is 0 Å². The van der Waals surface area contributed by atoms with E-state index in [2.05, 4.69) is 31.0 Å². The molecule has 1 fully saturated rings. The Kier molecular flexibility index (Phi) is 10.8. The zero-order valence-electron chi connectivity index (χ0n) is 15.5. The van der Waals surface area contributed by atoms with Gasteiger partial charge in [-0.2, -0.15) is 0 Å². The van der Waals surface area contributed by atoms with E-state index in [1.807, 2.05) is 0 Å². The van der Waals surface area contributed by atoms with Gasteiger partial charge in [-0.05, 0) is 53.2 Å². The number of nitrogens with zero attached hydrogens (tertiary/aromatic N) is 1. The molecule has 0 amide bonds. The third-order valence-corrected chi connectivity index (χ3v) is 3.54. The molecule has 1 atom stereocenters. The first kappa shape index (κ1) is 22.8. The molecule has 0 saturated carbocycles. The number of rotatable bonds is 5. The monoisotopic (exact) mass is 342 g/mol. The molecule has 2 aliphatic rings. The number of carbonyl (C=O) groups excluding carboxylic acids is 2. The van der Waals surface area contributed by atoms with E-state index in [1.54, 1.807) is 13.8 Å². The van der Waals surface area contributed by atoms with E-state index in [9.17, 15) is 9.59 Å². The van der Waals surface area contributed by atoms with E-state index in [0.717, 1.165) is 32.0 Å². The van der Waals surface area contributed by atoms with E-state index in [1.165, 1.54) is 0 Å². The predicted molar refractivity (Wildman–Crippen MR) is 95.4 cm³/mol. The Bertz CT molecular complexity index is 381. The van der Waals surface area contributed by atoms with Gasteiger partial charge in [0.2, 0.25) is 0 Å². The van der Waals surface area contributed by atoms with Crippen molar-refractivity contribution in [2.45, 2.75) is 77.1 Å². The third kappa shape index (κ3) is 9.80. The Morgan fingerprint density at radius 1 is 1.33 bits per heavy atom. The molecule has 0 aromatic heterocycles. The zero-order chi connectivity index (χ0) is 18.6. The average Bonchev–Trinajstić information content (AvgIpc) is 2.85. The highest BCUT2D eigenvalue weighted by molar-refractivity contribution is 5.52. The molecular weight excluding hydrogens is 308 g/mol. The number of fused-ring (bicyclic) bond motifs is 1. The first-order chi connectivity index (χ1) is 11.2. The number of aliphatic hydroxyl groups is 1. The van der Waals surface area contributed by atoms with Crippen LogP contribution in [0.4, 0.5) is 0 Å². The number of carbonyl (C=O) groups is 2. The quantitative estimate of drug-likeness (QED) is 0.586. The van der Waals surface area contributed by atoms with Gasteiger partial charge in [-0.25, -0.2) is 0 Å². The molecule has 0 radical (unpaired) electrons. The van der Waals surface area contributed by atoms with Gasteiger partial charge in [0.15, 0.2) is 0 Å². The molecule has 2 heterocycles. The van der Waals surface area contributed by atoms with Crippen molar-refractivity contribution in [3.05, 3.63) is 12.3 Å². The van der Waals surface area contributed by atoms with E-state index in [0.29, 0.717) is 25.5 Å². The lowest BCUT2D eigenvalue weighted by atomic mass is 10.0. The van der Waals surface area contributed by atoms with Crippen molar-refractivity contribution in [3.63, 3.8) is 0 Å². The molecule has 2 rings (SSSR count). The summed E-state index contributed by atoms with van der Waals surface area (Å²) in [5.74, 6) is 0. The second-order valence-corrected chi connectivity index (χ2v) is 7.36. The third-order valence-electron chi connectivity index (χ3n) is 3.54. The molecule has 24 heavy (non-hydrogen) atoms. The van der Waals surface area contributed by atoms with Gasteiger partial charge in [0, 0.05) is 18.4 Å². The van der Waals surface area contributed by atoms with Crippen LogP contribution in [0.3, 0.4) is 0 Å². The minimum atomic E-state index is -0.403. The molecule has 3 N–H and O–H groups in total. The van der Waals surface area contributed by atoms with Crippen LogP contribution >= 0.6 is 0 Å². The molecule has 1 saturated heterocycles. The van der Waals surface area contributed by atoms with Crippen molar-refractivity contribution in [2.24, 2.45) is 5.73 Å². The number of unbranched alkanes of at least 4 members (excludes halogenated alkanes) is 2. The van der Waals surface area contributed by atoms with Gasteiger partial charge in [-0.1, -0.05) is 6.08 Å². The fraction of sp³-hybridized carbons (Fsp3) is 0.778. The minimum Gasteiger partial charge on any atom is -0.394 e. The maximum absolute atomic E-state index is 9.56. The summed E-state index contributed by atoms with van der Waals surface area (Å²) in [7, 11) is 0. The number of nitrogens with two attached hydrogens (primary N) is 1. The van der Waals surface area contributed by atoms with Crippen molar-refractivity contribution >= 4 is 12.6 Å². The number of hydrogen-bond donors (Lipinski definition) is 2. The lowest BCUT2D eigenvalue weighted by molar-refractivity contribution is -0.108. The average molecular weight is 342 g/mol. The van der Waals surface area contributed by atoms with E-state index < -0.39 is 5.54 Å². The van der Waals surface area contributed by atoms with E-state index >= 15 is 0 Å². The van der Waals surface area contributed by atoms with Crippen molar-refractivity contribution in [3.8, 4) is 0 Å². The Hall–Kier alpha value is -1.24. The van der Waals surface area contributed by atoms with Crippen LogP contribution in [0.25, 0.3) is 0 Å². The molecule has 0 spiro atoms. The summed E-state index contributed by atoms with van der Waals surface area (Å²) in [5, 5.41) is 8.28. The Labute approximate surface area is 146 Å². The highest BCUT2D eigenvalue weighted by Gasteiger charge is 2.38. The lowest BCUT2D eigenvalue weighted by Crippen LogP contribution is -2.41. The smallest absolute Gasteiger partial charge is 0.130 e. The van der Waals surface area contributed by atoms with Crippen LogP contribution in [-0.2, 0) is 14.3 Å². The second kappa shape index (κ2) is 11.3. The van der Waals surface area contributed by atoms with Crippen LogP contribution in [0, 0.1) is 0 Å². The molecule has 2 aliphatic heterocycles. The van der Waals surface area contributed by atoms with Crippen molar-refractivity contribution in [2.75, 3.05) is 13.2 Å². The molecular formula is C18H34N2O4. The lowest BCUT2D eigenvalue weighted by Gasteiger charge is -2.34. The normalized spacial score (nSPS) is 20.9. The van der Waals surface area contributed by atoms with Crippen molar-refractivity contribution < 1.29 is 19.4 Å². The number of aliphatic hydroxyl groups excluding tert-OH is 1. The summed E-state index contributed by atoms with van der Waals surface area (Å²) in [6.45, 7) is 8.90. The summed E-state index contributed by atoms with van der Waals surface area (Å²) in [6, 6.07) is 0. The first-order valence-electron chi connectivity index (χ1n) is 8.51. The van der Waals surface area contributed by atoms with E-state index in [-0.39, 0.29) is 12.1 Å². The minimum absolute atomic E-state index is 0.0486. The van der Waals surface area contributed by atoms with Crippen LogP contribution in [-0.4, -0.2) is 53.1 Å². The Morgan fingerprint density at radius 3 is 2.29 bits per heavy atom. The SMILES string of the molecule is CC(C)(N)CO.CC1(C)COC2CCC=CN21.O=CCCCC=O. The van der Waals surface area contributed by atoms with Gasteiger partial charge >= 0.3 is 0 Å². The number of allylic oxidation sites excluding steroid dienone is 1. The summed E-state index contributed by atoms with van der Waals surface area (Å²) in [6.07, 6.45) is 10.5. The topological polar surface area (TPSA) is 92.9 Å². The van der Waals surface area contributed by atoms with Gasteiger partial charge in [-0.3, -0.25) is 0 Å². The molecule has 0 aromatic carbocycles. The highest BCUT2D eigenvalue weighted by atomic mass is 16.5. The molecule has 0 aliphatic carbocycles. The van der Waals surface area contributed by atoms with Crippen LogP contribution in [0.15, 0.2) is 12.3 Å². The Morgan fingerprint density at radius 2 is 1.88 bits per heavy atom.